The first kappa shape index (κ1) is 36.5. The van der Waals surface area contributed by atoms with Crippen LogP contribution in [0.2, 0.25) is 0 Å². The number of rotatable bonds is 17. The Kier molecular flexibility index (Phi) is 13.4. The number of hydrogen-bond donors (Lipinski definition) is 2. The van der Waals surface area contributed by atoms with Gasteiger partial charge in [0.25, 0.3) is 0 Å². The highest BCUT2D eigenvalue weighted by Gasteiger charge is 2.23. The Morgan fingerprint density at radius 3 is 1.56 bits per heavy atom. The topological polar surface area (TPSA) is 188 Å². The molecule has 0 spiro atoms. The minimum absolute atomic E-state index is 0.0711. The molecule has 0 aliphatic heterocycles. The smallest absolute Gasteiger partial charge is 0.325 e. The normalized spacial score (nSPS) is 10.3. The Morgan fingerprint density at radius 2 is 1.06 bits per heavy atom. The van der Waals surface area contributed by atoms with Crippen LogP contribution < -0.4 is 19.3 Å². The lowest BCUT2D eigenvalue weighted by molar-refractivity contribution is -0.141. The van der Waals surface area contributed by atoms with Gasteiger partial charge >= 0.3 is 23.9 Å². The molecule has 0 saturated heterocycles. The van der Waals surface area contributed by atoms with E-state index in [2.05, 4.69) is 0 Å². The third kappa shape index (κ3) is 10.0. The van der Waals surface area contributed by atoms with Crippen LogP contribution in [-0.4, -0.2) is 108 Å². The Balaban J connectivity index is 1.92. The van der Waals surface area contributed by atoms with E-state index in [-0.39, 0.29) is 67.7 Å². The zero-order valence-electron chi connectivity index (χ0n) is 26.8. The molecule has 0 bridgehead atoms. The van der Waals surface area contributed by atoms with Crippen molar-refractivity contribution in [1.29, 1.82) is 0 Å². The predicted octanol–water partition coefficient (Wildman–Crippen LogP) is 2.09. The highest BCUT2D eigenvalue weighted by atomic mass is 16.5. The molecule has 15 nitrogen and oxygen atoms in total. The monoisotopic (exact) mass is 668 g/mol. The van der Waals surface area contributed by atoms with Crippen LogP contribution in [0.15, 0.2) is 60.7 Å². The second kappa shape index (κ2) is 17.6. The van der Waals surface area contributed by atoms with Crippen molar-refractivity contribution in [2.75, 3.05) is 77.6 Å². The van der Waals surface area contributed by atoms with Crippen molar-refractivity contribution >= 4 is 41.0 Å². The molecule has 0 heterocycles. The molecule has 0 aliphatic rings. The number of ketones is 1. The molecule has 0 atom stereocenters. The number of hydrogen-bond acceptors (Lipinski definition) is 15. The first-order valence-corrected chi connectivity index (χ1v) is 14.3. The Hall–Kier alpha value is -5.99. The fourth-order valence-corrected chi connectivity index (χ4v) is 4.38. The maximum absolute atomic E-state index is 13.3. The van der Waals surface area contributed by atoms with E-state index in [9.17, 15) is 34.2 Å². The fourth-order valence-electron chi connectivity index (χ4n) is 4.38. The quantitative estimate of drug-likeness (QED) is 0.0920. The first-order valence-electron chi connectivity index (χ1n) is 14.3. The summed E-state index contributed by atoms with van der Waals surface area (Å²) in [5.74, 6) is -3.41. The summed E-state index contributed by atoms with van der Waals surface area (Å²) in [5.41, 5.74) is 0.631. The Labute approximate surface area is 276 Å². The summed E-state index contributed by atoms with van der Waals surface area (Å²) >= 11 is 0. The highest BCUT2D eigenvalue weighted by Crippen LogP contribution is 2.33. The predicted molar refractivity (Wildman–Crippen MR) is 170 cm³/mol. The summed E-state index contributed by atoms with van der Waals surface area (Å²) in [6.07, 6.45) is 0. The van der Waals surface area contributed by atoms with Crippen molar-refractivity contribution in [2.45, 2.75) is 0 Å². The number of ether oxygens (including phenoxy) is 6. The van der Waals surface area contributed by atoms with Gasteiger partial charge in [-0.3, -0.25) is 24.0 Å². The molecule has 0 fully saturated rings. The molecule has 3 rings (SSSR count). The summed E-state index contributed by atoms with van der Waals surface area (Å²) < 4.78 is 31.1. The molecule has 0 aliphatic carbocycles. The summed E-state index contributed by atoms with van der Waals surface area (Å²) in [6, 6.07) is 14.4. The van der Waals surface area contributed by atoms with Gasteiger partial charge in [0.1, 0.15) is 62.4 Å². The summed E-state index contributed by atoms with van der Waals surface area (Å²) in [4.78, 5) is 64.7. The van der Waals surface area contributed by atoms with Crippen molar-refractivity contribution < 1.29 is 62.6 Å². The third-order valence-corrected chi connectivity index (χ3v) is 6.78. The Bertz CT molecular complexity index is 1590. The summed E-state index contributed by atoms with van der Waals surface area (Å²) in [5, 5.41) is 19.9. The van der Waals surface area contributed by atoms with Gasteiger partial charge in [-0.25, -0.2) is 0 Å². The molecule has 0 amide bonds. The maximum atomic E-state index is 13.3. The minimum Gasteiger partial charge on any atom is -0.508 e. The number of methoxy groups -OCH3 is 4. The Morgan fingerprint density at radius 1 is 0.583 bits per heavy atom. The lowest BCUT2D eigenvalue weighted by Gasteiger charge is -2.26. The van der Waals surface area contributed by atoms with Gasteiger partial charge in [0.15, 0.2) is 5.78 Å². The van der Waals surface area contributed by atoms with Crippen molar-refractivity contribution in [3.63, 3.8) is 0 Å². The average Bonchev–Trinajstić information content (AvgIpc) is 3.09. The molecule has 0 aromatic heterocycles. The molecule has 2 N–H and O–H groups in total. The van der Waals surface area contributed by atoms with Crippen LogP contribution in [0, 0.1) is 0 Å². The van der Waals surface area contributed by atoms with Crippen LogP contribution in [0.5, 0.6) is 23.0 Å². The van der Waals surface area contributed by atoms with E-state index < -0.39 is 35.4 Å². The zero-order valence-corrected chi connectivity index (χ0v) is 26.8. The molecule has 256 valence electrons. The van der Waals surface area contributed by atoms with Gasteiger partial charge in [0, 0.05) is 11.6 Å². The van der Waals surface area contributed by atoms with E-state index in [0.29, 0.717) is 11.4 Å². The number of phenolic OH excluding ortho intramolecular Hbond substituents is 2. The molecule has 3 aromatic rings. The number of esters is 4. The number of aromatic hydroxyl groups is 2. The van der Waals surface area contributed by atoms with E-state index in [1.54, 1.807) is 24.3 Å². The van der Waals surface area contributed by atoms with Crippen LogP contribution in [0.1, 0.15) is 15.9 Å². The fraction of sp³-hybridized carbons (Fsp3) is 0.303. The minimum atomic E-state index is -0.664. The van der Waals surface area contributed by atoms with Gasteiger partial charge < -0.3 is 48.4 Å². The third-order valence-electron chi connectivity index (χ3n) is 6.78. The molecular formula is C33H36N2O13. The van der Waals surface area contributed by atoms with Gasteiger partial charge in [-0.1, -0.05) is 12.1 Å². The van der Waals surface area contributed by atoms with E-state index in [1.165, 1.54) is 68.6 Å². The second-order valence-electron chi connectivity index (χ2n) is 9.89. The van der Waals surface area contributed by atoms with Gasteiger partial charge in [0.05, 0.1) is 45.4 Å². The van der Waals surface area contributed by atoms with Crippen molar-refractivity contribution in [3.8, 4) is 23.0 Å². The zero-order chi connectivity index (χ0) is 35.2. The van der Waals surface area contributed by atoms with Crippen LogP contribution in [0.3, 0.4) is 0 Å². The van der Waals surface area contributed by atoms with E-state index in [1.807, 2.05) is 0 Å². The number of nitrogens with zero attached hydrogens (tertiary/aromatic N) is 2. The molecule has 48 heavy (non-hydrogen) atoms. The second-order valence-corrected chi connectivity index (χ2v) is 9.89. The van der Waals surface area contributed by atoms with Gasteiger partial charge in [-0.05, 0) is 42.5 Å². The lowest BCUT2D eigenvalue weighted by atomic mass is 10.0. The number of para-hydroxylation sites is 2. The number of benzene rings is 3. The number of anilines is 2. The summed E-state index contributed by atoms with van der Waals surface area (Å²) in [7, 11) is 4.82. The SMILES string of the molecule is COC(=O)CN(CC(=O)OC)c1ccccc1OCCOc1cc(C(=O)c2ccc(O)cc2O)ccc1N(CC(=O)OC)CC(=O)OC. The van der Waals surface area contributed by atoms with Gasteiger partial charge in [0.2, 0.25) is 0 Å². The molecule has 0 radical (unpaired) electrons. The van der Waals surface area contributed by atoms with Crippen LogP contribution in [0.4, 0.5) is 11.4 Å². The number of phenols is 2. The van der Waals surface area contributed by atoms with E-state index in [0.717, 1.165) is 6.07 Å². The molecular weight excluding hydrogens is 632 g/mol. The van der Waals surface area contributed by atoms with Gasteiger partial charge in [-0.15, -0.1) is 0 Å². The van der Waals surface area contributed by atoms with Crippen molar-refractivity contribution in [3.05, 3.63) is 71.8 Å². The van der Waals surface area contributed by atoms with Crippen molar-refractivity contribution in [2.24, 2.45) is 0 Å². The molecule has 3 aromatic carbocycles. The van der Waals surface area contributed by atoms with Crippen molar-refractivity contribution in [1.82, 2.24) is 0 Å². The molecule has 0 unspecified atom stereocenters. The van der Waals surface area contributed by atoms with Crippen LogP contribution in [0.25, 0.3) is 0 Å². The van der Waals surface area contributed by atoms with Gasteiger partial charge in [-0.2, -0.15) is 0 Å². The van der Waals surface area contributed by atoms with E-state index >= 15 is 0 Å². The maximum Gasteiger partial charge on any atom is 0.325 e. The first-order chi connectivity index (χ1) is 23.0. The van der Waals surface area contributed by atoms with E-state index in [4.69, 9.17) is 28.4 Å². The number of carbonyl (C=O) groups excluding carboxylic acids is 5. The largest absolute Gasteiger partial charge is 0.508 e. The average molecular weight is 669 g/mol. The number of carbonyl (C=O) groups is 5. The molecule has 15 heteroatoms. The standard InChI is InChI=1S/C33H36N2O13/c1-43-29(38)17-34(18-30(39)44-2)24-7-5-6-8-27(24)47-13-14-48-28-15-21(33(42)23-11-10-22(36)16-26(23)37)9-12-25(28)35(19-31(40)45-3)20-32(41)46-4/h5-12,15-16,36-37H,13-14,17-20H2,1-4H3. The van der Waals surface area contributed by atoms with Crippen LogP contribution >= 0.6 is 0 Å². The molecule has 0 saturated carbocycles. The lowest BCUT2D eigenvalue weighted by Crippen LogP contribution is -2.36. The summed E-state index contributed by atoms with van der Waals surface area (Å²) in [6.45, 7) is -1.46. The highest BCUT2D eigenvalue weighted by molar-refractivity contribution is 6.11. The van der Waals surface area contributed by atoms with Crippen LogP contribution in [-0.2, 0) is 38.1 Å².